The number of aromatic nitrogens is 1. The molecule has 3 aromatic rings. The molecule has 0 atom stereocenters. The van der Waals surface area contributed by atoms with Gasteiger partial charge in [-0.15, -0.1) is 0 Å². The molecule has 3 rings (SSSR count). The first kappa shape index (κ1) is 14.2. The van der Waals surface area contributed by atoms with Crippen LogP contribution in [0.2, 0.25) is 0 Å². The van der Waals surface area contributed by atoms with Crippen LogP contribution >= 0.6 is 0 Å². The van der Waals surface area contributed by atoms with E-state index in [-0.39, 0.29) is 5.56 Å². The van der Waals surface area contributed by atoms with Crippen LogP contribution in [0.3, 0.4) is 0 Å². The standard InChI is InChI=1S/C18H17NO3/c1-10-6-12-8-17(19-16(12)7-11(10)2)15-9-13(22-3)4-5-14(15)18(20)21/h4-9,19H,1-3H3,(H,20,21). The van der Waals surface area contributed by atoms with Crippen molar-refractivity contribution in [2.45, 2.75) is 13.8 Å². The SMILES string of the molecule is COc1ccc(C(=O)O)c(-c2cc3cc(C)c(C)cc3[nH]2)c1. The Bertz CT molecular complexity index is 838. The zero-order chi connectivity index (χ0) is 15.9. The Hall–Kier alpha value is -2.75. The van der Waals surface area contributed by atoms with Crippen LogP contribution in [0.25, 0.3) is 22.2 Å². The average Bonchev–Trinajstić information content (AvgIpc) is 2.89. The number of hydrogen-bond donors (Lipinski definition) is 2. The van der Waals surface area contributed by atoms with Gasteiger partial charge in [0.25, 0.3) is 0 Å². The molecule has 4 nitrogen and oxygen atoms in total. The molecule has 0 aliphatic heterocycles. The van der Waals surface area contributed by atoms with Crippen molar-refractivity contribution in [3.8, 4) is 17.0 Å². The number of aromatic amines is 1. The van der Waals surface area contributed by atoms with E-state index in [2.05, 4.69) is 31.0 Å². The number of H-pyrrole nitrogens is 1. The van der Waals surface area contributed by atoms with E-state index in [9.17, 15) is 9.90 Å². The molecular formula is C18H17NO3. The highest BCUT2D eigenvalue weighted by Crippen LogP contribution is 2.31. The van der Waals surface area contributed by atoms with E-state index in [1.54, 1.807) is 25.3 Å². The summed E-state index contributed by atoms with van der Waals surface area (Å²) in [4.78, 5) is 14.8. The first-order chi connectivity index (χ1) is 10.5. The molecule has 0 unspecified atom stereocenters. The normalized spacial score (nSPS) is 10.9. The number of fused-ring (bicyclic) bond motifs is 1. The van der Waals surface area contributed by atoms with Crippen LogP contribution in [0.5, 0.6) is 5.75 Å². The summed E-state index contributed by atoms with van der Waals surface area (Å²) in [5, 5.41) is 10.5. The van der Waals surface area contributed by atoms with Gasteiger partial charge < -0.3 is 14.8 Å². The maximum Gasteiger partial charge on any atom is 0.336 e. The lowest BCUT2D eigenvalue weighted by Crippen LogP contribution is -2.00. The van der Waals surface area contributed by atoms with Gasteiger partial charge in [-0.1, -0.05) is 0 Å². The van der Waals surface area contributed by atoms with E-state index in [1.807, 2.05) is 6.07 Å². The first-order valence-corrected chi connectivity index (χ1v) is 7.01. The zero-order valence-electron chi connectivity index (χ0n) is 12.7. The fourth-order valence-corrected chi connectivity index (χ4v) is 2.61. The van der Waals surface area contributed by atoms with Crippen molar-refractivity contribution in [3.63, 3.8) is 0 Å². The Morgan fingerprint density at radius 3 is 2.50 bits per heavy atom. The molecule has 0 amide bonds. The minimum absolute atomic E-state index is 0.251. The quantitative estimate of drug-likeness (QED) is 0.762. The molecule has 112 valence electrons. The third-order valence-corrected chi connectivity index (χ3v) is 3.98. The highest BCUT2D eigenvalue weighted by molar-refractivity contribution is 5.98. The van der Waals surface area contributed by atoms with Gasteiger partial charge in [0.15, 0.2) is 0 Å². The van der Waals surface area contributed by atoms with Gasteiger partial charge in [0, 0.05) is 22.2 Å². The van der Waals surface area contributed by atoms with Gasteiger partial charge in [-0.2, -0.15) is 0 Å². The minimum Gasteiger partial charge on any atom is -0.497 e. The van der Waals surface area contributed by atoms with E-state index < -0.39 is 5.97 Å². The number of benzene rings is 2. The lowest BCUT2D eigenvalue weighted by atomic mass is 10.0. The van der Waals surface area contributed by atoms with Gasteiger partial charge >= 0.3 is 5.97 Å². The predicted molar refractivity (Wildman–Crippen MR) is 86.7 cm³/mol. The van der Waals surface area contributed by atoms with Crippen molar-refractivity contribution >= 4 is 16.9 Å². The molecule has 0 fully saturated rings. The number of carboxylic acids is 1. The monoisotopic (exact) mass is 295 g/mol. The maximum absolute atomic E-state index is 11.5. The molecule has 2 aromatic carbocycles. The Labute approximate surface area is 128 Å². The summed E-state index contributed by atoms with van der Waals surface area (Å²) in [7, 11) is 1.57. The van der Waals surface area contributed by atoms with Gasteiger partial charge in [-0.25, -0.2) is 4.79 Å². The summed E-state index contributed by atoms with van der Waals surface area (Å²) in [5.41, 5.74) is 5.06. The molecule has 0 aliphatic carbocycles. The minimum atomic E-state index is -0.955. The van der Waals surface area contributed by atoms with Crippen LogP contribution in [0.4, 0.5) is 0 Å². The molecule has 1 heterocycles. The summed E-state index contributed by atoms with van der Waals surface area (Å²) in [5.74, 6) is -0.324. The van der Waals surface area contributed by atoms with Crippen LogP contribution < -0.4 is 4.74 Å². The lowest BCUT2D eigenvalue weighted by molar-refractivity contribution is 0.0697. The molecule has 2 N–H and O–H groups in total. The number of ether oxygens (including phenoxy) is 1. The Balaban J connectivity index is 2.24. The topological polar surface area (TPSA) is 62.3 Å². The molecule has 0 saturated carbocycles. The Kier molecular flexibility index (Phi) is 3.37. The van der Waals surface area contributed by atoms with Gasteiger partial charge in [-0.3, -0.25) is 0 Å². The van der Waals surface area contributed by atoms with E-state index in [4.69, 9.17) is 4.74 Å². The van der Waals surface area contributed by atoms with Gasteiger partial charge in [0.2, 0.25) is 0 Å². The van der Waals surface area contributed by atoms with Crippen molar-refractivity contribution < 1.29 is 14.6 Å². The van der Waals surface area contributed by atoms with E-state index in [0.717, 1.165) is 16.6 Å². The van der Waals surface area contributed by atoms with Crippen molar-refractivity contribution in [1.82, 2.24) is 4.98 Å². The number of rotatable bonds is 3. The highest BCUT2D eigenvalue weighted by atomic mass is 16.5. The summed E-state index contributed by atoms with van der Waals surface area (Å²) < 4.78 is 5.22. The van der Waals surface area contributed by atoms with Gasteiger partial charge in [0.05, 0.1) is 12.7 Å². The van der Waals surface area contributed by atoms with Crippen molar-refractivity contribution in [2.75, 3.05) is 7.11 Å². The summed E-state index contributed by atoms with van der Waals surface area (Å²) in [6.45, 7) is 4.12. The van der Waals surface area contributed by atoms with E-state index in [1.165, 1.54) is 11.1 Å². The van der Waals surface area contributed by atoms with Crippen LogP contribution in [-0.4, -0.2) is 23.2 Å². The zero-order valence-corrected chi connectivity index (χ0v) is 12.7. The molecule has 0 bridgehead atoms. The van der Waals surface area contributed by atoms with Crippen LogP contribution in [-0.2, 0) is 0 Å². The fraction of sp³-hybridized carbons (Fsp3) is 0.167. The fourth-order valence-electron chi connectivity index (χ4n) is 2.61. The molecule has 0 radical (unpaired) electrons. The van der Waals surface area contributed by atoms with E-state index in [0.29, 0.717) is 11.3 Å². The Morgan fingerprint density at radius 2 is 1.82 bits per heavy atom. The first-order valence-electron chi connectivity index (χ1n) is 7.01. The van der Waals surface area contributed by atoms with Crippen molar-refractivity contribution in [1.29, 1.82) is 0 Å². The largest absolute Gasteiger partial charge is 0.497 e. The van der Waals surface area contributed by atoms with Crippen molar-refractivity contribution in [2.24, 2.45) is 0 Å². The molecule has 1 aromatic heterocycles. The average molecular weight is 295 g/mol. The van der Waals surface area contributed by atoms with Crippen molar-refractivity contribution in [3.05, 3.63) is 53.1 Å². The summed E-state index contributed by atoms with van der Waals surface area (Å²) in [6, 6.07) is 11.1. The van der Waals surface area contributed by atoms with Gasteiger partial charge in [0.1, 0.15) is 5.75 Å². The number of aryl methyl sites for hydroxylation is 2. The number of carbonyl (C=O) groups is 1. The third kappa shape index (κ3) is 2.33. The molecule has 0 spiro atoms. The number of nitrogens with one attached hydrogen (secondary N) is 1. The van der Waals surface area contributed by atoms with E-state index >= 15 is 0 Å². The molecule has 22 heavy (non-hydrogen) atoms. The number of carboxylic acid groups (broad SMARTS) is 1. The Morgan fingerprint density at radius 1 is 1.09 bits per heavy atom. The molecular weight excluding hydrogens is 278 g/mol. The van der Waals surface area contributed by atoms with Crippen LogP contribution in [0.15, 0.2) is 36.4 Å². The van der Waals surface area contributed by atoms with Gasteiger partial charge in [-0.05, 0) is 61.4 Å². The maximum atomic E-state index is 11.5. The lowest BCUT2D eigenvalue weighted by Gasteiger charge is -2.07. The molecule has 4 heteroatoms. The second-order valence-corrected chi connectivity index (χ2v) is 5.42. The predicted octanol–water partition coefficient (Wildman–Crippen LogP) is 4.16. The molecule has 0 aliphatic rings. The smallest absolute Gasteiger partial charge is 0.336 e. The second-order valence-electron chi connectivity index (χ2n) is 5.42. The van der Waals surface area contributed by atoms with Crippen LogP contribution in [0.1, 0.15) is 21.5 Å². The highest BCUT2D eigenvalue weighted by Gasteiger charge is 2.15. The van der Waals surface area contributed by atoms with Crippen LogP contribution in [0, 0.1) is 13.8 Å². The number of aromatic carboxylic acids is 1. The molecule has 0 saturated heterocycles. The summed E-state index contributed by atoms with van der Waals surface area (Å²) in [6.07, 6.45) is 0. The number of hydrogen-bond acceptors (Lipinski definition) is 2. The summed E-state index contributed by atoms with van der Waals surface area (Å²) >= 11 is 0. The number of methoxy groups -OCH3 is 1. The third-order valence-electron chi connectivity index (χ3n) is 3.98. The second kappa shape index (κ2) is 5.22.